The van der Waals surface area contributed by atoms with Crippen LogP contribution in [0, 0.1) is 18.6 Å². The molecule has 0 unspecified atom stereocenters. The highest BCUT2D eigenvalue weighted by Gasteiger charge is 2.10. The highest BCUT2D eigenvalue weighted by atomic mass is 19.1. The van der Waals surface area contributed by atoms with E-state index in [1.165, 1.54) is 13.0 Å². The molecule has 0 aliphatic heterocycles. The van der Waals surface area contributed by atoms with Crippen molar-refractivity contribution in [2.45, 2.75) is 13.5 Å². The SMILES string of the molecule is Cc1cc(F)c2nc(CN)ccc2c1F. The lowest BCUT2D eigenvalue weighted by Crippen LogP contribution is -2.01. The number of hydrogen-bond donors (Lipinski definition) is 1. The Morgan fingerprint density at radius 3 is 2.73 bits per heavy atom. The first-order valence-electron chi connectivity index (χ1n) is 4.58. The first kappa shape index (κ1) is 9.98. The van der Waals surface area contributed by atoms with E-state index in [2.05, 4.69) is 4.98 Å². The summed E-state index contributed by atoms with van der Waals surface area (Å²) in [6.45, 7) is 1.74. The van der Waals surface area contributed by atoms with Crippen LogP contribution in [0.1, 0.15) is 11.3 Å². The fourth-order valence-corrected chi connectivity index (χ4v) is 1.51. The van der Waals surface area contributed by atoms with Gasteiger partial charge in [-0.25, -0.2) is 13.8 Å². The van der Waals surface area contributed by atoms with E-state index in [-0.39, 0.29) is 23.0 Å². The van der Waals surface area contributed by atoms with E-state index in [0.717, 1.165) is 6.07 Å². The fraction of sp³-hybridized carbons (Fsp3) is 0.182. The average molecular weight is 208 g/mol. The molecule has 1 heterocycles. The van der Waals surface area contributed by atoms with Gasteiger partial charge in [-0.05, 0) is 30.7 Å². The monoisotopic (exact) mass is 208 g/mol. The smallest absolute Gasteiger partial charge is 0.149 e. The summed E-state index contributed by atoms with van der Waals surface area (Å²) in [6.07, 6.45) is 0. The average Bonchev–Trinajstić information content (AvgIpc) is 2.25. The zero-order chi connectivity index (χ0) is 11.0. The molecule has 0 atom stereocenters. The molecule has 0 fully saturated rings. The number of rotatable bonds is 1. The molecule has 2 N–H and O–H groups in total. The van der Waals surface area contributed by atoms with Gasteiger partial charge in [0.15, 0.2) is 0 Å². The first-order valence-corrected chi connectivity index (χ1v) is 4.58. The van der Waals surface area contributed by atoms with E-state index in [1.54, 1.807) is 6.07 Å². The Morgan fingerprint density at radius 2 is 2.07 bits per heavy atom. The van der Waals surface area contributed by atoms with Gasteiger partial charge in [0.25, 0.3) is 0 Å². The van der Waals surface area contributed by atoms with Crippen molar-refractivity contribution in [1.82, 2.24) is 4.98 Å². The van der Waals surface area contributed by atoms with Crippen LogP contribution in [0.15, 0.2) is 18.2 Å². The number of benzene rings is 1. The van der Waals surface area contributed by atoms with Gasteiger partial charge in [-0.15, -0.1) is 0 Å². The summed E-state index contributed by atoms with van der Waals surface area (Å²) in [4.78, 5) is 3.96. The minimum absolute atomic E-state index is 0.0426. The van der Waals surface area contributed by atoms with Crippen LogP contribution in [0.5, 0.6) is 0 Å². The molecule has 4 heteroatoms. The number of nitrogens with two attached hydrogens (primary N) is 1. The maximum atomic E-state index is 13.6. The quantitative estimate of drug-likeness (QED) is 0.780. The molecule has 0 bridgehead atoms. The van der Waals surface area contributed by atoms with E-state index in [0.29, 0.717) is 5.69 Å². The van der Waals surface area contributed by atoms with Gasteiger partial charge in [0, 0.05) is 11.9 Å². The van der Waals surface area contributed by atoms with Gasteiger partial charge in [0.1, 0.15) is 17.2 Å². The van der Waals surface area contributed by atoms with E-state index in [4.69, 9.17) is 5.73 Å². The molecule has 0 saturated carbocycles. The predicted octanol–water partition coefficient (Wildman–Crippen LogP) is 2.28. The molecule has 2 nitrogen and oxygen atoms in total. The fourth-order valence-electron chi connectivity index (χ4n) is 1.51. The number of aromatic nitrogens is 1. The zero-order valence-corrected chi connectivity index (χ0v) is 8.22. The summed E-state index contributed by atoms with van der Waals surface area (Å²) in [5.74, 6) is -0.943. The van der Waals surface area contributed by atoms with Crippen molar-refractivity contribution in [3.63, 3.8) is 0 Å². The molecular weight excluding hydrogens is 198 g/mol. The highest BCUT2D eigenvalue weighted by Crippen LogP contribution is 2.22. The van der Waals surface area contributed by atoms with Gasteiger partial charge in [0.2, 0.25) is 0 Å². The molecule has 0 amide bonds. The van der Waals surface area contributed by atoms with Crippen molar-refractivity contribution in [1.29, 1.82) is 0 Å². The van der Waals surface area contributed by atoms with Crippen LogP contribution < -0.4 is 5.73 Å². The third-order valence-corrected chi connectivity index (χ3v) is 2.31. The second-order valence-electron chi connectivity index (χ2n) is 3.39. The van der Waals surface area contributed by atoms with Crippen LogP contribution in [-0.4, -0.2) is 4.98 Å². The van der Waals surface area contributed by atoms with E-state index in [1.807, 2.05) is 0 Å². The van der Waals surface area contributed by atoms with E-state index < -0.39 is 11.6 Å². The molecule has 0 aliphatic carbocycles. The molecule has 0 aliphatic rings. The molecule has 1 aromatic heterocycles. The summed E-state index contributed by atoms with van der Waals surface area (Å²) in [5, 5.41) is 0.199. The molecule has 0 radical (unpaired) electrons. The second-order valence-corrected chi connectivity index (χ2v) is 3.39. The number of fused-ring (bicyclic) bond motifs is 1. The Hall–Kier alpha value is -1.55. The van der Waals surface area contributed by atoms with Crippen molar-refractivity contribution < 1.29 is 8.78 Å². The number of aryl methyl sites for hydroxylation is 1. The summed E-state index contributed by atoms with van der Waals surface area (Å²) in [7, 11) is 0. The van der Waals surface area contributed by atoms with Crippen molar-refractivity contribution in [2.75, 3.05) is 0 Å². The van der Waals surface area contributed by atoms with Crippen LogP contribution in [0.25, 0.3) is 10.9 Å². The zero-order valence-electron chi connectivity index (χ0n) is 8.22. The Bertz CT molecular complexity index is 523. The Balaban J connectivity index is 2.84. The second kappa shape index (κ2) is 3.55. The Labute approximate surface area is 85.7 Å². The number of pyridine rings is 1. The predicted molar refractivity (Wildman–Crippen MR) is 54.3 cm³/mol. The van der Waals surface area contributed by atoms with Crippen molar-refractivity contribution >= 4 is 10.9 Å². The lowest BCUT2D eigenvalue weighted by atomic mass is 10.1. The van der Waals surface area contributed by atoms with Crippen LogP contribution in [0.4, 0.5) is 8.78 Å². The molecule has 2 rings (SSSR count). The molecule has 15 heavy (non-hydrogen) atoms. The van der Waals surface area contributed by atoms with Crippen LogP contribution in [-0.2, 0) is 6.54 Å². The van der Waals surface area contributed by atoms with Crippen molar-refractivity contribution in [3.05, 3.63) is 41.1 Å². The van der Waals surface area contributed by atoms with Gasteiger partial charge in [-0.3, -0.25) is 0 Å². The number of nitrogens with zero attached hydrogens (tertiary/aromatic N) is 1. The van der Waals surface area contributed by atoms with E-state index in [9.17, 15) is 8.78 Å². The van der Waals surface area contributed by atoms with Gasteiger partial charge >= 0.3 is 0 Å². The third-order valence-electron chi connectivity index (χ3n) is 2.31. The maximum absolute atomic E-state index is 13.6. The Kier molecular flexibility index (Phi) is 2.36. The molecule has 1 aromatic carbocycles. The van der Waals surface area contributed by atoms with Gasteiger partial charge in [0.05, 0.1) is 5.69 Å². The molecule has 0 saturated heterocycles. The third kappa shape index (κ3) is 1.57. The summed E-state index contributed by atoms with van der Waals surface area (Å²) < 4.78 is 27.0. The van der Waals surface area contributed by atoms with Crippen molar-refractivity contribution in [3.8, 4) is 0 Å². The largest absolute Gasteiger partial charge is 0.325 e. The van der Waals surface area contributed by atoms with Crippen LogP contribution in [0.2, 0.25) is 0 Å². The van der Waals surface area contributed by atoms with Gasteiger partial charge in [-0.2, -0.15) is 0 Å². The van der Waals surface area contributed by atoms with Crippen LogP contribution >= 0.6 is 0 Å². The molecular formula is C11H10F2N2. The Morgan fingerprint density at radius 1 is 1.33 bits per heavy atom. The van der Waals surface area contributed by atoms with Gasteiger partial charge in [-0.1, -0.05) is 0 Å². The van der Waals surface area contributed by atoms with Gasteiger partial charge < -0.3 is 5.73 Å². The standard InChI is InChI=1S/C11H10F2N2/c1-6-4-9(12)11-8(10(6)13)3-2-7(5-14)15-11/h2-4H,5,14H2,1H3. The maximum Gasteiger partial charge on any atom is 0.149 e. The molecule has 2 aromatic rings. The summed E-state index contributed by atoms with van der Waals surface area (Å²) in [6, 6.07) is 4.26. The highest BCUT2D eigenvalue weighted by molar-refractivity contribution is 5.80. The summed E-state index contributed by atoms with van der Waals surface area (Å²) in [5.41, 5.74) is 6.25. The normalized spacial score (nSPS) is 10.9. The summed E-state index contributed by atoms with van der Waals surface area (Å²) >= 11 is 0. The minimum Gasteiger partial charge on any atom is -0.325 e. The minimum atomic E-state index is -0.515. The first-order chi connectivity index (χ1) is 7.13. The van der Waals surface area contributed by atoms with E-state index >= 15 is 0 Å². The lowest BCUT2D eigenvalue weighted by molar-refractivity contribution is 0.607. The van der Waals surface area contributed by atoms with Crippen molar-refractivity contribution in [2.24, 2.45) is 5.73 Å². The van der Waals surface area contributed by atoms with Crippen LogP contribution in [0.3, 0.4) is 0 Å². The number of halogens is 2. The topological polar surface area (TPSA) is 38.9 Å². The lowest BCUT2D eigenvalue weighted by Gasteiger charge is -2.05. The molecule has 78 valence electrons. The molecule has 0 spiro atoms. The number of hydrogen-bond acceptors (Lipinski definition) is 2.